The van der Waals surface area contributed by atoms with E-state index in [-0.39, 0.29) is 11.5 Å². The zero-order valence-electron chi connectivity index (χ0n) is 12.1. The lowest BCUT2D eigenvalue weighted by atomic mass is 10.1. The monoisotopic (exact) mass is 312 g/mol. The van der Waals surface area contributed by atoms with Crippen LogP contribution in [0.4, 0.5) is 14.5 Å². The molecular formula is C18H14F2N2O. The highest BCUT2D eigenvalue weighted by Gasteiger charge is 2.14. The van der Waals surface area contributed by atoms with Gasteiger partial charge in [-0.3, -0.25) is 4.79 Å². The SMILES string of the molecule is O=C(Nc1ccc(C(F)F)cc1)c1[nH]ccc1-c1ccccc1. The molecule has 5 heteroatoms. The molecule has 0 bridgehead atoms. The maximum Gasteiger partial charge on any atom is 0.272 e. The third kappa shape index (κ3) is 3.29. The molecule has 0 saturated carbocycles. The molecule has 0 unspecified atom stereocenters. The van der Waals surface area contributed by atoms with Crippen LogP contribution >= 0.6 is 0 Å². The van der Waals surface area contributed by atoms with Gasteiger partial charge in [-0.1, -0.05) is 42.5 Å². The van der Waals surface area contributed by atoms with Crippen molar-refractivity contribution < 1.29 is 13.6 Å². The standard InChI is InChI=1S/C18H14F2N2O/c19-17(20)13-6-8-14(9-7-13)22-18(23)16-15(10-11-21-16)12-4-2-1-3-5-12/h1-11,17,21H,(H,22,23). The normalized spacial score (nSPS) is 10.7. The van der Waals surface area contributed by atoms with Gasteiger partial charge in [-0.25, -0.2) is 8.78 Å². The second-order valence-electron chi connectivity index (χ2n) is 5.01. The van der Waals surface area contributed by atoms with Crippen LogP contribution in [-0.4, -0.2) is 10.9 Å². The number of carbonyl (C=O) groups is 1. The number of carbonyl (C=O) groups excluding carboxylic acids is 1. The van der Waals surface area contributed by atoms with Crippen molar-refractivity contribution in [3.8, 4) is 11.1 Å². The van der Waals surface area contributed by atoms with Crippen LogP contribution in [0.5, 0.6) is 0 Å². The van der Waals surface area contributed by atoms with Crippen molar-refractivity contribution in [2.75, 3.05) is 5.32 Å². The summed E-state index contributed by atoms with van der Waals surface area (Å²) in [5, 5.41) is 2.71. The molecule has 3 rings (SSSR count). The Morgan fingerprint density at radius 2 is 1.65 bits per heavy atom. The number of aromatic nitrogens is 1. The number of nitrogens with one attached hydrogen (secondary N) is 2. The summed E-state index contributed by atoms with van der Waals surface area (Å²) in [6.07, 6.45) is -0.829. The number of halogens is 2. The van der Waals surface area contributed by atoms with Gasteiger partial charge in [0.2, 0.25) is 0 Å². The molecule has 23 heavy (non-hydrogen) atoms. The van der Waals surface area contributed by atoms with Crippen molar-refractivity contribution in [2.45, 2.75) is 6.43 Å². The van der Waals surface area contributed by atoms with Crippen molar-refractivity contribution in [1.82, 2.24) is 4.98 Å². The molecule has 1 amide bonds. The topological polar surface area (TPSA) is 44.9 Å². The first-order chi connectivity index (χ1) is 11.1. The maximum atomic E-state index is 12.5. The number of aromatic amines is 1. The summed E-state index contributed by atoms with van der Waals surface area (Å²) in [6.45, 7) is 0. The van der Waals surface area contributed by atoms with E-state index in [1.165, 1.54) is 24.3 Å². The van der Waals surface area contributed by atoms with Crippen molar-refractivity contribution in [2.24, 2.45) is 0 Å². The zero-order chi connectivity index (χ0) is 16.2. The van der Waals surface area contributed by atoms with Gasteiger partial charge in [-0.2, -0.15) is 0 Å². The van der Waals surface area contributed by atoms with Gasteiger partial charge >= 0.3 is 0 Å². The number of anilines is 1. The first-order valence-corrected chi connectivity index (χ1v) is 7.07. The van der Waals surface area contributed by atoms with Crippen molar-refractivity contribution in [1.29, 1.82) is 0 Å². The average molecular weight is 312 g/mol. The van der Waals surface area contributed by atoms with Gasteiger partial charge in [-0.05, 0) is 23.8 Å². The lowest BCUT2D eigenvalue weighted by Crippen LogP contribution is -2.13. The third-order valence-electron chi connectivity index (χ3n) is 3.48. The first kappa shape index (κ1) is 15.0. The summed E-state index contributed by atoms with van der Waals surface area (Å²) in [7, 11) is 0. The highest BCUT2D eigenvalue weighted by molar-refractivity contribution is 6.07. The highest BCUT2D eigenvalue weighted by Crippen LogP contribution is 2.24. The molecule has 0 spiro atoms. The van der Waals surface area contributed by atoms with Crippen LogP contribution in [0.3, 0.4) is 0 Å². The fourth-order valence-corrected chi connectivity index (χ4v) is 2.32. The van der Waals surface area contributed by atoms with Gasteiger partial charge < -0.3 is 10.3 Å². The first-order valence-electron chi connectivity index (χ1n) is 7.07. The fraction of sp³-hybridized carbons (Fsp3) is 0.0556. The Balaban J connectivity index is 1.81. The van der Waals surface area contributed by atoms with Crippen LogP contribution in [0, 0.1) is 0 Å². The van der Waals surface area contributed by atoms with Gasteiger partial charge in [0.05, 0.1) is 0 Å². The molecule has 0 atom stereocenters. The molecule has 0 aliphatic heterocycles. The Hall–Kier alpha value is -2.95. The van der Waals surface area contributed by atoms with Crippen molar-refractivity contribution in [3.63, 3.8) is 0 Å². The van der Waals surface area contributed by atoms with Gasteiger partial charge in [-0.15, -0.1) is 0 Å². The minimum Gasteiger partial charge on any atom is -0.357 e. The molecular weight excluding hydrogens is 298 g/mol. The zero-order valence-corrected chi connectivity index (χ0v) is 12.1. The molecule has 2 aromatic carbocycles. The number of H-pyrrole nitrogens is 1. The average Bonchev–Trinajstić information content (AvgIpc) is 3.06. The van der Waals surface area contributed by atoms with Crippen LogP contribution in [0.1, 0.15) is 22.5 Å². The fourth-order valence-electron chi connectivity index (χ4n) is 2.32. The number of hydrogen-bond donors (Lipinski definition) is 2. The van der Waals surface area contributed by atoms with E-state index in [0.717, 1.165) is 11.1 Å². The van der Waals surface area contributed by atoms with Crippen LogP contribution < -0.4 is 5.32 Å². The quantitative estimate of drug-likeness (QED) is 0.709. The van der Waals surface area contributed by atoms with E-state index < -0.39 is 6.43 Å². The van der Waals surface area contributed by atoms with Crippen LogP contribution in [0.15, 0.2) is 66.9 Å². The largest absolute Gasteiger partial charge is 0.357 e. The Kier molecular flexibility index (Phi) is 4.19. The predicted molar refractivity (Wildman–Crippen MR) is 85.6 cm³/mol. The molecule has 0 saturated heterocycles. The third-order valence-corrected chi connectivity index (χ3v) is 3.48. The van der Waals surface area contributed by atoms with Crippen molar-refractivity contribution >= 4 is 11.6 Å². The van der Waals surface area contributed by atoms with Crippen LogP contribution in [0.25, 0.3) is 11.1 Å². The van der Waals surface area contributed by atoms with E-state index in [4.69, 9.17) is 0 Å². The number of amides is 1. The minimum atomic E-state index is -2.52. The predicted octanol–water partition coefficient (Wildman–Crippen LogP) is 4.87. The smallest absolute Gasteiger partial charge is 0.272 e. The van der Waals surface area contributed by atoms with Crippen molar-refractivity contribution in [3.05, 3.63) is 78.1 Å². The summed E-state index contributed by atoms with van der Waals surface area (Å²) < 4.78 is 25.1. The van der Waals surface area contributed by atoms with E-state index in [2.05, 4.69) is 10.3 Å². The van der Waals surface area contributed by atoms with Gasteiger partial charge in [0.25, 0.3) is 12.3 Å². The van der Waals surface area contributed by atoms with Crippen LogP contribution in [0.2, 0.25) is 0 Å². The second-order valence-corrected chi connectivity index (χ2v) is 5.01. The second kappa shape index (κ2) is 6.44. The van der Waals surface area contributed by atoms with E-state index in [1.807, 2.05) is 36.4 Å². The van der Waals surface area contributed by atoms with E-state index in [9.17, 15) is 13.6 Å². The number of rotatable bonds is 4. The molecule has 1 aromatic heterocycles. The Morgan fingerprint density at radius 1 is 0.957 bits per heavy atom. The molecule has 0 aliphatic rings. The van der Waals surface area contributed by atoms with E-state index >= 15 is 0 Å². The molecule has 0 radical (unpaired) electrons. The van der Waals surface area contributed by atoms with Gasteiger partial charge in [0.15, 0.2) is 0 Å². The maximum absolute atomic E-state index is 12.5. The van der Waals surface area contributed by atoms with Gasteiger partial charge in [0, 0.05) is 23.0 Å². The molecule has 3 nitrogen and oxygen atoms in total. The molecule has 3 aromatic rings. The lowest BCUT2D eigenvalue weighted by molar-refractivity contribution is 0.102. The lowest BCUT2D eigenvalue weighted by Gasteiger charge is -2.07. The molecule has 2 N–H and O–H groups in total. The molecule has 0 fully saturated rings. The summed E-state index contributed by atoms with van der Waals surface area (Å²) >= 11 is 0. The highest BCUT2D eigenvalue weighted by atomic mass is 19.3. The Bertz CT molecular complexity index is 795. The Morgan fingerprint density at radius 3 is 2.30 bits per heavy atom. The summed E-state index contributed by atoms with van der Waals surface area (Å²) in [6, 6.07) is 16.9. The number of benzene rings is 2. The van der Waals surface area contributed by atoms with Gasteiger partial charge in [0.1, 0.15) is 5.69 Å². The number of alkyl halides is 2. The number of hydrogen-bond acceptors (Lipinski definition) is 1. The Labute approximate surface area is 132 Å². The summed E-state index contributed by atoms with van der Waals surface area (Å²) in [4.78, 5) is 15.3. The summed E-state index contributed by atoms with van der Waals surface area (Å²) in [5.74, 6) is -0.321. The molecule has 1 heterocycles. The van der Waals surface area contributed by atoms with E-state index in [0.29, 0.717) is 11.4 Å². The van der Waals surface area contributed by atoms with E-state index in [1.54, 1.807) is 6.20 Å². The molecule has 0 aliphatic carbocycles. The molecule has 116 valence electrons. The van der Waals surface area contributed by atoms with Crippen LogP contribution in [-0.2, 0) is 0 Å². The minimum absolute atomic E-state index is 0.0761. The summed E-state index contributed by atoms with van der Waals surface area (Å²) in [5.41, 5.74) is 2.52.